The van der Waals surface area contributed by atoms with E-state index in [1.807, 2.05) is 4.72 Å². The van der Waals surface area contributed by atoms with Crippen LogP contribution >= 0.6 is 0 Å². The molecule has 0 radical (unpaired) electrons. The zero-order chi connectivity index (χ0) is 10.5. The molecule has 0 aliphatic carbocycles. The number of nitrogens with one attached hydrogen (secondary N) is 1. The normalized spacial score (nSPS) is 17.7. The van der Waals surface area contributed by atoms with Gasteiger partial charge in [0.1, 0.15) is 4.90 Å². The summed E-state index contributed by atoms with van der Waals surface area (Å²) in [6.45, 7) is 3.40. The average molecular weight is 211 g/mol. The van der Waals surface area contributed by atoms with Crippen molar-refractivity contribution >= 4 is 15.9 Å². The maximum Gasteiger partial charge on any atom is 0.266 e. The Morgan fingerprint density at radius 1 is 1.14 bits per heavy atom. The Kier molecular flexibility index (Phi) is 1.69. The first-order valence-electron chi connectivity index (χ1n) is 4.11. The van der Waals surface area contributed by atoms with Crippen molar-refractivity contribution in [1.82, 2.24) is 4.72 Å². The van der Waals surface area contributed by atoms with Gasteiger partial charge in [-0.25, -0.2) is 13.1 Å². The summed E-state index contributed by atoms with van der Waals surface area (Å²) in [5, 5.41) is 0. The SMILES string of the molecule is Cc1ccc(C)c2c1C(=O)NS2(=O)=O. The summed E-state index contributed by atoms with van der Waals surface area (Å²) in [6, 6.07) is 3.45. The van der Waals surface area contributed by atoms with E-state index in [-0.39, 0.29) is 10.5 Å². The van der Waals surface area contributed by atoms with Crippen LogP contribution in [0.1, 0.15) is 21.5 Å². The van der Waals surface area contributed by atoms with Gasteiger partial charge in [0, 0.05) is 0 Å². The van der Waals surface area contributed by atoms with Crippen molar-refractivity contribution in [1.29, 1.82) is 0 Å². The molecule has 2 rings (SSSR count). The summed E-state index contributed by atoms with van der Waals surface area (Å²) in [5.74, 6) is -0.527. The van der Waals surface area contributed by atoms with Crippen molar-refractivity contribution in [2.24, 2.45) is 0 Å². The van der Waals surface area contributed by atoms with Crippen LogP contribution in [0.25, 0.3) is 0 Å². The van der Waals surface area contributed by atoms with E-state index >= 15 is 0 Å². The second-order valence-corrected chi connectivity index (χ2v) is 4.96. The smallest absolute Gasteiger partial charge is 0.266 e. The van der Waals surface area contributed by atoms with Gasteiger partial charge in [-0.2, -0.15) is 0 Å². The van der Waals surface area contributed by atoms with Gasteiger partial charge in [0.05, 0.1) is 5.56 Å². The molecule has 1 N–H and O–H groups in total. The van der Waals surface area contributed by atoms with E-state index in [4.69, 9.17) is 0 Å². The zero-order valence-corrected chi connectivity index (χ0v) is 8.60. The first-order valence-corrected chi connectivity index (χ1v) is 5.59. The Balaban J connectivity index is 2.94. The van der Waals surface area contributed by atoms with E-state index in [9.17, 15) is 13.2 Å². The molecule has 1 aliphatic rings. The van der Waals surface area contributed by atoms with Crippen LogP contribution in [0.4, 0.5) is 0 Å². The molecule has 1 aliphatic heterocycles. The Morgan fingerprint density at radius 3 is 2.29 bits per heavy atom. The van der Waals surface area contributed by atoms with Crippen molar-refractivity contribution in [2.45, 2.75) is 18.7 Å². The van der Waals surface area contributed by atoms with Crippen molar-refractivity contribution < 1.29 is 13.2 Å². The Morgan fingerprint density at radius 2 is 1.71 bits per heavy atom. The second-order valence-electron chi connectivity index (χ2n) is 3.34. The number of amides is 1. The van der Waals surface area contributed by atoms with Crippen LogP contribution in [-0.4, -0.2) is 14.3 Å². The predicted octanol–water partition coefficient (Wildman–Crippen LogP) is 0.736. The molecule has 4 nitrogen and oxygen atoms in total. The molecular weight excluding hydrogens is 202 g/mol. The van der Waals surface area contributed by atoms with Gasteiger partial charge in [0.25, 0.3) is 15.9 Å². The lowest BCUT2D eigenvalue weighted by Crippen LogP contribution is -2.21. The molecule has 0 unspecified atom stereocenters. The maximum atomic E-state index is 11.5. The second kappa shape index (κ2) is 2.57. The lowest BCUT2D eigenvalue weighted by atomic mass is 10.1. The van der Waals surface area contributed by atoms with Gasteiger partial charge < -0.3 is 0 Å². The summed E-state index contributed by atoms with van der Waals surface area (Å²) in [7, 11) is -3.61. The van der Waals surface area contributed by atoms with Gasteiger partial charge in [0.2, 0.25) is 0 Å². The van der Waals surface area contributed by atoms with E-state index in [1.54, 1.807) is 26.0 Å². The van der Waals surface area contributed by atoms with Gasteiger partial charge in [-0.05, 0) is 25.0 Å². The molecule has 1 amide bonds. The molecule has 1 aromatic carbocycles. The van der Waals surface area contributed by atoms with Gasteiger partial charge in [-0.15, -0.1) is 0 Å². The molecule has 14 heavy (non-hydrogen) atoms. The number of carbonyl (C=O) groups excluding carboxylic acids is 1. The highest BCUT2D eigenvalue weighted by molar-refractivity contribution is 7.90. The van der Waals surface area contributed by atoms with E-state index in [0.717, 1.165) is 0 Å². The van der Waals surface area contributed by atoms with E-state index in [1.165, 1.54) is 0 Å². The summed E-state index contributed by atoms with van der Waals surface area (Å²) < 4.78 is 25.0. The van der Waals surface area contributed by atoms with Crippen LogP contribution < -0.4 is 4.72 Å². The highest BCUT2D eigenvalue weighted by atomic mass is 32.2. The van der Waals surface area contributed by atoms with Crippen LogP contribution in [0.15, 0.2) is 17.0 Å². The van der Waals surface area contributed by atoms with Gasteiger partial charge >= 0.3 is 0 Å². The highest BCUT2D eigenvalue weighted by Gasteiger charge is 2.35. The number of aryl methyl sites for hydroxylation is 2. The molecule has 74 valence electrons. The monoisotopic (exact) mass is 211 g/mol. The van der Waals surface area contributed by atoms with Crippen molar-refractivity contribution in [3.05, 3.63) is 28.8 Å². The minimum atomic E-state index is -3.61. The van der Waals surface area contributed by atoms with Crippen molar-refractivity contribution in [3.63, 3.8) is 0 Å². The average Bonchev–Trinajstić information content (AvgIpc) is 2.30. The third-order valence-corrected chi connectivity index (χ3v) is 3.80. The zero-order valence-electron chi connectivity index (χ0n) is 7.79. The molecule has 0 atom stereocenters. The fourth-order valence-corrected chi connectivity index (χ4v) is 3.10. The topological polar surface area (TPSA) is 63.2 Å². The third kappa shape index (κ3) is 1.05. The molecule has 0 saturated carbocycles. The van der Waals surface area contributed by atoms with E-state index < -0.39 is 15.9 Å². The van der Waals surface area contributed by atoms with Crippen LogP contribution in [0.5, 0.6) is 0 Å². The quantitative estimate of drug-likeness (QED) is 0.688. The number of hydrogen-bond donors (Lipinski definition) is 1. The molecule has 5 heteroatoms. The largest absolute Gasteiger partial charge is 0.268 e. The van der Waals surface area contributed by atoms with Crippen LogP contribution in [0.3, 0.4) is 0 Å². The molecule has 1 aromatic rings. The standard InChI is InChI=1S/C9H9NO3S/c1-5-3-4-6(2)8-7(5)9(11)10-14(8,12)13/h3-4H,1-2H3,(H,10,11). The van der Waals surface area contributed by atoms with Gasteiger partial charge in [0.15, 0.2) is 0 Å². The molecule has 0 bridgehead atoms. The van der Waals surface area contributed by atoms with Gasteiger partial charge in [-0.1, -0.05) is 12.1 Å². The van der Waals surface area contributed by atoms with E-state index in [0.29, 0.717) is 11.1 Å². The molecular formula is C9H9NO3S. The molecule has 0 spiro atoms. The Hall–Kier alpha value is -1.36. The van der Waals surface area contributed by atoms with Crippen LogP contribution in [0, 0.1) is 13.8 Å². The Bertz CT molecular complexity index is 531. The van der Waals surface area contributed by atoms with E-state index in [2.05, 4.69) is 0 Å². The summed E-state index contributed by atoms with van der Waals surface area (Å²) in [6.07, 6.45) is 0. The number of carbonyl (C=O) groups is 1. The molecule has 0 aromatic heterocycles. The molecule has 1 heterocycles. The number of benzene rings is 1. The lowest BCUT2D eigenvalue weighted by molar-refractivity contribution is 0.0984. The fourth-order valence-electron chi connectivity index (χ4n) is 1.64. The van der Waals surface area contributed by atoms with Gasteiger partial charge in [-0.3, -0.25) is 4.79 Å². The minimum Gasteiger partial charge on any atom is -0.268 e. The third-order valence-electron chi connectivity index (χ3n) is 2.29. The highest BCUT2D eigenvalue weighted by Crippen LogP contribution is 2.28. The summed E-state index contributed by atoms with van der Waals surface area (Å²) in [4.78, 5) is 11.5. The Labute approximate surface area is 82.0 Å². The predicted molar refractivity (Wildman–Crippen MR) is 50.6 cm³/mol. The van der Waals surface area contributed by atoms with Crippen molar-refractivity contribution in [3.8, 4) is 0 Å². The number of rotatable bonds is 0. The number of fused-ring (bicyclic) bond motifs is 1. The van der Waals surface area contributed by atoms with Crippen LogP contribution in [-0.2, 0) is 10.0 Å². The summed E-state index contributed by atoms with van der Waals surface area (Å²) in [5.41, 5.74) is 1.57. The molecule has 0 saturated heterocycles. The first-order chi connectivity index (χ1) is 6.43. The van der Waals surface area contributed by atoms with Crippen LogP contribution in [0.2, 0.25) is 0 Å². The maximum absolute atomic E-state index is 11.5. The lowest BCUT2D eigenvalue weighted by Gasteiger charge is -2.02. The number of sulfonamides is 1. The van der Waals surface area contributed by atoms with Crippen molar-refractivity contribution in [2.75, 3.05) is 0 Å². The summed E-state index contributed by atoms with van der Waals surface area (Å²) >= 11 is 0. The first kappa shape index (κ1) is 9.21. The minimum absolute atomic E-state index is 0.127. The number of hydrogen-bond acceptors (Lipinski definition) is 3. The fraction of sp³-hybridized carbons (Fsp3) is 0.222. The molecule has 0 fully saturated rings.